The molecule has 0 aromatic heterocycles. The largest absolute Gasteiger partial charge is 0.353 e. The minimum absolute atomic E-state index is 0. The fourth-order valence-corrected chi connectivity index (χ4v) is 3.75. The Morgan fingerprint density at radius 2 is 1.76 bits per heavy atom. The van der Waals surface area contributed by atoms with E-state index in [0.29, 0.717) is 18.9 Å². The minimum atomic E-state index is 0. The van der Waals surface area contributed by atoms with Gasteiger partial charge in [0.15, 0.2) is 0 Å². The molecule has 1 heterocycles. The third-order valence-corrected chi connectivity index (χ3v) is 5.37. The standard InChI is InChI=1S/C17H32N4O2.2ClH/c1-20(2)16(22)8-11-21-9-6-14(7-10-21)19-17(23)15-5-3-4-13(15)12-18;;/h13-15H,3-12,18H2,1-2H3,(H,19,23);2*1H/t13-,15-;;/m1../s1. The van der Waals surface area contributed by atoms with Crippen LogP contribution in [-0.4, -0.2) is 67.9 Å². The van der Waals surface area contributed by atoms with E-state index in [4.69, 9.17) is 5.73 Å². The van der Waals surface area contributed by atoms with E-state index in [0.717, 1.165) is 51.7 Å². The molecule has 2 aliphatic rings. The number of hydrogen-bond acceptors (Lipinski definition) is 4. The number of piperidine rings is 1. The molecule has 1 saturated heterocycles. The predicted octanol–water partition coefficient (Wildman–Crippen LogP) is 1.26. The second-order valence-electron chi connectivity index (χ2n) is 7.20. The van der Waals surface area contributed by atoms with Gasteiger partial charge >= 0.3 is 0 Å². The Morgan fingerprint density at radius 1 is 1.12 bits per heavy atom. The Hall–Kier alpha value is -0.560. The summed E-state index contributed by atoms with van der Waals surface area (Å²) in [5.41, 5.74) is 5.77. The molecule has 148 valence electrons. The molecule has 8 heteroatoms. The topological polar surface area (TPSA) is 78.7 Å². The Morgan fingerprint density at radius 3 is 2.32 bits per heavy atom. The summed E-state index contributed by atoms with van der Waals surface area (Å²) in [4.78, 5) is 28.0. The van der Waals surface area contributed by atoms with Gasteiger partial charge in [0.05, 0.1) is 0 Å². The zero-order chi connectivity index (χ0) is 16.8. The van der Waals surface area contributed by atoms with E-state index < -0.39 is 0 Å². The number of amides is 2. The number of nitrogens with zero attached hydrogens (tertiary/aromatic N) is 2. The maximum absolute atomic E-state index is 12.4. The fraction of sp³-hybridized carbons (Fsp3) is 0.882. The molecule has 25 heavy (non-hydrogen) atoms. The van der Waals surface area contributed by atoms with Crippen molar-refractivity contribution < 1.29 is 9.59 Å². The van der Waals surface area contributed by atoms with E-state index in [2.05, 4.69) is 10.2 Å². The molecule has 1 aliphatic carbocycles. The first-order valence-electron chi connectivity index (χ1n) is 8.94. The number of carbonyl (C=O) groups is 2. The van der Waals surface area contributed by atoms with Gasteiger partial charge in [0, 0.05) is 52.1 Å². The molecule has 0 spiro atoms. The van der Waals surface area contributed by atoms with Gasteiger partial charge in [-0.25, -0.2) is 0 Å². The lowest BCUT2D eigenvalue weighted by Crippen LogP contribution is -2.47. The monoisotopic (exact) mass is 396 g/mol. The van der Waals surface area contributed by atoms with Gasteiger partial charge in [-0.1, -0.05) is 6.42 Å². The van der Waals surface area contributed by atoms with E-state index >= 15 is 0 Å². The van der Waals surface area contributed by atoms with Crippen LogP contribution in [0.15, 0.2) is 0 Å². The number of likely N-dealkylation sites (tertiary alicyclic amines) is 1. The molecule has 1 aliphatic heterocycles. The number of carbonyl (C=O) groups excluding carboxylic acids is 2. The highest BCUT2D eigenvalue weighted by Gasteiger charge is 2.33. The lowest BCUT2D eigenvalue weighted by atomic mass is 9.94. The first-order chi connectivity index (χ1) is 11.0. The SMILES string of the molecule is CN(C)C(=O)CCN1CCC(NC(=O)[C@@H]2CCC[C@@H]2CN)CC1.Cl.Cl. The Bertz CT molecular complexity index is 415. The summed E-state index contributed by atoms with van der Waals surface area (Å²) in [5, 5.41) is 3.23. The Labute approximate surface area is 164 Å². The van der Waals surface area contributed by atoms with E-state index in [9.17, 15) is 9.59 Å². The smallest absolute Gasteiger partial charge is 0.223 e. The van der Waals surface area contributed by atoms with Crippen LogP contribution in [-0.2, 0) is 9.59 Å². The van der Waals surface area contributed by atoms with E-state index in [1.807, 2.05) is 0 Å². The van der Waals surface area contributed by atoms with Crippen molar-refractivity contribution in [2.24, 2.45) is 17.6 Å². The van der Waals surface area contributed by atoms with Crippen molar-refractivity contribution in [1.82, 2.24) is 15.1 Å². The fourth-order valence-electron chi connectivity index (χ4n) is 3.75. The maximum atomic E-state index is 12.4. The lowest BCUT2D eigenvalue weighted by Gasteiger charge is -2.33. The molecule has 3 N–H and O–H groups in total. The summed E-state index contributed by atoms with van der Waals surface area (Å²) in [5.74, 6) is 0.872. The van der Waals surface area contributed by atoms with Crippen LogP contribution in [0.4, 0.5) is 0 Å². The van der Waals surface area contributed by atoms with Gasteiger partial charge in [-0.15, -0.1) is 24.8 Å². The van der Waals surface area contributed by atoms with Crippen molar-refractivity contribution in [3.05, 3.63) is 0 Å². The molecule has 0 aromatic rings. The summed E-state index contributed by atoms with van der Waals surface area (Å²) < 4.78 is 0. The summed E-state index contributed by atoms with van der Waals surface area (Å²) in [6.07, 6.45) is 5.72. The molecule has 0 bridgehead atoms. The molecule has 0 radical (unpaired) electrons. The lowest BCUT2D eigenvalue weighted by molar-refractivity contribution is -0.129. The molecule has 2 amide bonds. The maximum Gasteiger partial charge on any atom is 0.223 e. The van der Waals surface area contributed by atoms with E-state index in [1.54, 1.807) is 19.0 Å². The van der Waals surface area contributed by atoms with Crippen LogP contribution in [0.3, 0.4) is 0 Å². The van der Waals surface area contributed by atoms with Gasteiger partial charge in [0.2, 0.25) is 11.8 Å². The van der Waals surface area contributed by atoms with E-state index in [1.165, 1.54) is 0 Å². The third-order valence-electron chi connectivity index (χ3n) is 5.37. The van der Waals surface area contributed by atoms with Crippen molar-refractivity contribution in [2.45, 2.75) is 44.6 Å². The highest BCUT2D eigenvalue weighted by molar-refractivity contribution is 5.85. The highest BCUT2D eigenvalue weighted by atomic mass is 35.5. The molecule has 1 saturated carbocycles. The number of nitrogens with one attached hydrogen (secondary N) is 1. The average molecular weight is 397 g/mol. The molecule has 6 nitrogen and oxygen atoms in total. The summed E-state index contributed by atoms with van der Waals surface area (Å²) >= 11 is 0. The van der Waals surface area contributed by atoms with Crippen LogP contribution in [0.2, 0.25) is 0 Å². The van der Waals surface area contributed by atoms with Gasteiger partial charge in [0.25, 0.3) is 0 Å². The van der Waals surface area contributed by atoms with Crippen LogP contribution in [0.5, 0.6) is 0 Å². The average Bonchev–Trinajstić information content (AvgIpc) is 3.02. The highest BCUT2D eigenvalue weighted by Crippen LogP contribution is 2.31. The Kier molecular flexibility index (Phi) is 11.7. The van der Waals surface area contributed by atoms with Gasteiger partial charge in [0.1, 0.15) is 0 Å². The quantitative estimate of drug-likeness (QED) is 0.708. The number of hydrogen-bond donors (Lipinski definition) is 2. The molecule has 2 rings (SSSR count). The van der Waals surface area contributed by atoms with Crippen molar-refractivity contribution in [1.29, 1.82) is 0 Å². The van der Waals surface area contributed by atoms with Crippen LogP contribution < -0.4 is 11.1 Å². The van der Waals surface area contributed by atoms with Crippen molar-refractivity contribution >= 4 is 36.6 Å². The summed E-state index contributed by atoms with van der Waals surface area (Å²) in [7, 11) is 3.59. The second kappa shape index (κ2) is 11.9. The normalized spacial score (nSPS) is 24.1. The number of halogens is 2. The number of nitrogens with two attached hydrogens (primary N) is 1. The molecular weight excluding hydrogens is 363 g/mol. The van der Waals surface area contributed by atoms with Gasteiger partial charge in [-0.2, -0.15) is 0 Å². The summed E-state index contributed by atoms with van der Waals surface area (Å²) in [6.45, 7) is 3.35. The van der Waals surface area contributed by atoms with Crippen molar-refractivity contribution in [3.63, 3.8) is 0 Å². The summed E-state index contributed by atoms with van der Waals surface area (Å²) in [6, 6.07) is 0.280. The van der Waals surface area contributed by atoms with Gasteiger partial charge < -0.3 is 20.9 Å². The zero-order valence-electron chi connectivity index (χ0n) is 15.4. The van der Waals surface area contributed by atoms with Crippen LogP contribution >= 0.6 is 24.8 Å². The third kappa shape index (κ3) is 7.29. The minimum Gasteiger partial charge on any atom is -0.353 e. The van der Waals surface area contributed by atoms with Crippen LogP contribution in [0.1, 0.15) is 38.5 Å². The van der Waals surface area contributed by atoms with Gasteiger partial charge in [-0.3, -0.25) is 9.59 Å². The van der Waals surface area contributed by atoms with Crippen LogP contribution in [0.25, 0.3) is 0 Å². The first-order valence-corrected chi connectivity index (χ1v) is 8.94. The molecule has 0 unspecified atom stereocenters. The van der Waals surface area contributed by atoms with Crippen molar-refractivity contribution in [3.8, 4) is 0 Å². The Balaban J connectivity index is 0.00000288. The predicted molar refractivity (Wildman–Crippen MR) is 105 cm³/mol. The van der Waals surface area contributed by atoms with Crippen molar-refractivity contribution in [2.75, 3.05) is 40.3 Å². The molecule has 2 atom stereocenters. The first kappa shape index (κ1) is 24.4. The number of rotatable bonds is 6. The zero-order valence-corrected chi connectivity index (χ0v) is 17.0. The molecule has 2 fully saturated rings. The second-order valence-corrected chi connectivity index (χ2v) is 7.20. The van der Waals surface area contributed by atoms with Gasteiger partial charge in [-0.05, 0) is 38.1 Å². The molecule has 0 aromatic carbocycles. The van der Waals surface area contributed by atoms with E-state index in [-0.39, 0.29) is 48.6 Å². The van der Waals surface area contributed by atoms with Crippen LogP contribution in [0, 0.1) is 11.8 Å². The molecular formula is C17H34Cl2N4O2.